The smallest absolute Gasteiger partial charge is 0.411 e. The second-order valence-corrected chi connectivity index (χ2v) is 3.52. The molecule has 0 bridgehead atoms. The molecular formula is C11H14N2O2. The van der Waals surface area contributed by atoms with E-state index < -0.39 is 6.09 Å². The predicted molar refractivity (Wildman–Crippen MR) is 59.3 cm³/mol. The number of hydrogen-bond acceptors (Lipinski definition) is 3. The lowest BCUT2D eigenvalue weighted by atomic mass is 10.0. The van der Waals surface area contributed by atoms with E-state index in [1.165, 1.54) is 12.7 Å². The Morgan fingerprint density at radius 3 is 3.20 bits per heavy atom. The highest BCUT2D eigenvalue weighted by Crippen LogP contribution is 2.24. The monoisotopic (exact) mass is 206 g/mol. The summed E-state index contributed by atoms with van der Waals surface area (Å²) in [6, 6.07) is 5.84. The number of rotatable bonds is 1. The Bertz CT molecular complexity index is 377. The first kappa shape index (κ1) is 9.83. The molecule has 1 heterocycles. The van der Waals surface area contributed by atoms with Gasteiger partial charge in [-0.25, -0.2) is 4.79 Å². The van der Waals surface area contributed by atoms with E-state index in [1.807, 2.05) is 18.2 Å². The fraction of sp³-hybridized carbons (Fsp3) is 0.364. The van der Waals surface area contributed by atoms with Crippen LogP contribution in [-0.4, -0.2) is 19.7 Å². The summed E-state index contributed by atoms with van der Waals surface area (Å²) in [5, 5.41) is 5.97. The van der Waals surface area contributed by atoms with Crippen molar-refractivity contribution in [2.45, 2.75) is 12.8 Å². The first-order chi connectivity index (χ1) is 7.29. The molecule has 1 aromatic carbocycles. The number of anilines is 2. The standard InChI is InChI=1S/C11H14N2O2/c1-15-11(14)13-9-4-5-10-8(7-9)3-2-6-12-10/h4-5,7,12H,2-3,6H2,1H3,(H,13,14). The van der Waals surface area contributed by atoms with Crippen molar-refractivity contribution < 1.29 is 9.53 Å². The van der Waals surface area contributed by atoms with Gasteiger partial charge in [-0.05, 0) is 36.6 Å². The largest absolute Gasteiger partial charge is 0.453 e. The van der Waals surface area contributed by atoms with Crippen molar-refractivity contribution in [3.05, 3.63) is 23.8 Å². The Morgan fingerprint density at radius 2 is 2.40 bits per heavy atom. The van der Waals surface area contributed by atoms with Crippen LogP contribution >= 0.6 is 0 Å². The summed E-state index contributed by atoms with van der Waals surface area (Å²) in [4.78, 5) is 11.0. The van der Waals surface area contributed by atoms with Crippen LogP contribution in [0.25, 0.3) is 0 Å². The summed E-state index contributed by atoms with van der Waals surface area (Å²) >= 11 is 0. The van der Waals surface area contributed by atoms with Gasteiger partial charge < -0.3 is 10.1 Å². The average molecular weight is 206 g/mol. The van der Waals surface area contributed by atoms with Crippen molar-refractivity contribution in [1.29, 1.82) is 0 Å². The van der Waals surface area contributed by atoms with Crippen LogP contribution in [0.1, 0.15) is 12.0 Å². The van der Waals surface area contributed by atoms with Gasteiger partial charge in [-0.3, -0.25) is 5.32 Å². The number of nitrogens with one attached hydrogen (secondary N) is 2. The summed E-state index contributed by atoms with van der Waals surface area (Å²) in [7, 11) is 1.36. The molecule has 1 amide bonds. The summed E-state index contributed by atoms with van der Waals surface area (Å²) in [6.07, 6.45) is 1.76. The summed E-state index contributed by atoms with van der Waals surface area (Å²) in [5.41, 5.74) is 3.19. The third kappa shape index (κ3) is 2.21. The third-order valence-electron chi connectivity index (χ3n) is 2.48. The van der Waals surface area contributed by atoms with E-state index in [4.69, 9.17) is 0 Å². The van der Waals surface area contributed by atoms with Crippen molar-refractivity contribution in [1.82, 2.24) is 0 Å². The molecule has 0 spiro atoms. The van der Waals surface area contributed by atoms with Crippen LogP contribution in [-0.2, 0) is 11.2 Å². The first-order valence-electron chi connectivity index (χ1n) is 5.01. The molecule has 1 aliphatic heterocycles. The Hall–Kier alpha value is -1.71. The van der Waals surface area contributed by atoms with E-state index in [1.54, 1.807) is 0 Å². The Labute approximate surface area is 88.6 Å². The van der Waals surface area contributed by atoms with E-state index in [-0.39, 0.29) is 0 Å². The second-order valence-electron chi connectivity index (χ2n) is 3.52. The number of hydrogen-bond donors (Lipinski definition) is 2. The average Bonchev–Trinajstić information content (AvgIpc) is 2.29. The lowest BCUT2D eigenvalue weighted by molar-refractivity contribution is 0.187. The molecule has 0 atom stereocenters. The SMILES string of the molecule is COC(=O)Nc1ccc2c(c1)CCCN2. The molecule has 0 unspecified atom stereocenters. The normalized spacial score (nSPS) is 13.7. The zero-order valence-electron chi connectivity index (χ0n) is 8.67. The van der Waals surface area contributed by atoms with Gasteiger partial charge in [0.25, 0.3) is 0 Å². The highest BCUT2D eigenvalue weighted by Gasteiger charge is 2.09. The van der Waals surface area contributed by atoms with Gasteiger partial charge in [-0.2, -0.15) is 0 Å². The van der Waals surface area contributed by atoms with Crippen molar-refractivity contribution >= 4 is 17.5 Å². The molecule has 1 aromatic rings. The summed E-state index contributed by atoms with van der Waals surface area (Å²) in [5.74, 6) is 0. The van der Waals surface area contributed by atoms with Crippen LogP contribution < -0.4 is 10.6 Å². The van der Waals surface area contributed by atoms with Gasteiger partial charge in [-0.1, -0.05) is 0 Å². The first-order valence-corrected chi connectivity index (χ1v) is 5.01. The maximum absolute atomic E-state index is 11.0. The Balaban J connectivity index is 2.17. The molecule has 0 aromatic heterocycles. The lowest BCUT2D eigenvalue weighted by Crippen LogP contribution is -2.14. The molecule has 4 nitrogen and oxygen atoms in total. The fourth-order valence-corrected chi connectivity index (χ4v) is 1.72. The van der Waals surface area contributed by atoms with Gasteiger partial charge in [0.2, 0.25) is 0 Å². The Morgan fingerprint density at radius 1 is 1.53 bits per heavy atom. The molecule has 1 aliphatic rings. The molecular weight excluding hydrogens is 192 g/mol. The number of carbonyl (C=O) groups excluding carboxylic acids is 1. The van der Waals surface area contributed by atoms with E-state index >= 15 is 0 Å². The van der Waals surface area contributed by atoms with E-state index in [0.717, 1.165) is 30.8 Å². The van der Waals surface area contributed by atoms with Crippen LogP contribution in [0.5, 0.6) is 0 Å². The molecule has 0 saturated heterocycles. The van der Waals surface area contributed by atoms with Gasteiger partial charge in [0.05, 0.1) is 7.11 Å². The van der Waals surface area contributed by atoms with E-state index in [2.05, 4.69) is 15.4 Å². The molecule has 0 radical (unpaired) electrons. The number of fused-ring (bicyclic) bond motifs is 1. The number of ether oxygens (including phenoxy) is 1. The fourth-order valence-electron chi connectivity index (χ4n) is 1.72. The summed E-state index contributed by atoms with van der Waals surface area (Å²) < 4.78 is 4.53. The van der Waals surface area contributed by atoms with Crippen molar-refractivity contribution in [3.8, 4) is 0 Å². The van der Waals surface area contributed by atoms with Crippen molar-refractivity contribution in [3.63, 3.8) is 0 Å². The van der Waals surface area contributed by atoms with Crippen LogP contribution in [0.2, 0.25) is 0 Å². The highest BCUT2D eigenvalue weighted by atomic mass is 16.5. The minimum absolute atomic E-state index is 0.432. The van der Waals surface area contributed by atoms with Crippen molar-refractivity contribution in [2.24, 2.45) is 0 Å². The number of benzene rings is 1. The second kappa shape index (κ2) is 4.21. The third-order valence-corrected chi connectivity index (χ3v) is 2.48. The zero-order valence-corrected chi connectivity index (χ0v) is 8.67. The molecule has 80 valence electrons. The van der Waals surface area contributed by atoms with Crippen LogP contribution in [0.3, 0.4) is 0 Å². The van der Waals surface area contributed by atoms with Gasteiger partial charge in [0.15, 0.2) is 0 Å². The van der Waals surface area contributed by atoms with Gasteiger partial charge >= 0.3 is 6.09 Å². The molecule has 2 N–H and O–H groups in total. The maximum atomic E-state index is 11.0. The number of carbonyl (C=O) groups is 1. The molecule has 0 fully saturated rings. The van der Waals surface area contributed by atoms with E-state index in [9.17, 15) is 4.79 Å². The van der Waals surface area contributed by atoms with E-state index in [0.29, 0.717) is 0 Å². The molecule has 0 saturated carbocycles. The van der Waals surface area contributed by atoms with Crippen LogP contribution in [0.4, 0.5) is 16.2 Å². The zero-order chi connectivity index (χ0) is 10.7. The lowest BCUT2D eigenvalue weighted by Gasteiger charge is -2.18. The number of amides is 1. The van der Waals surface area contributed by atoms with Gasteiger partial charge in [-0.15, -0.1) is 0 Å². The number of aryl methyl sites for hydroxylation is 1. The van der Waals surface area contributed by atoms with Gasteiger partial charge in [0, 0.05) is 17.9 Å². The quantitative estimate of drug-likeness (QED) is 0.740. The number of methoxy groups -OCH3 is 1. The minimum atomic E-state index is -0.432. The predicted octanol–water partition coefficient (Wildman–Crippen LogP) is 2.22. The van der Waals surface area contributed by atoms with Crippen LogP contribution in [0, 0.1) is 0 Å². The molecule has 0 aliphatic carbocycles. The Kier molecular flexibility index (Phi) is 2.76. The molecule has 4 heteroatoms. The van der Waals surface area contributed by atoms with Crippen molar-refractivity contribution in [2.75, 3.05) is 24.3 Å². The van der Waals surface area contributed by atoms with Crippen LogP contribution in [0.15, 0.2) is 18.2 Å². The molecule has 15 heavy (non-hydrogen) atoms. The maximum Gasteiger partial charge on any atom is 0.411 e. The molecule has 2 rings (SSSR count). The minimum Gasteiger partial charge on any atom is -0.453 e. The summed E-state index contributed by atoms with van der Waals surface area (Å²) in [6.45, 7) is 1.02. The topological polar surface area (TPSA) is 50.4 Å². The highest BCUT2D eigenvalue weighted by molar-refractivity contribution is 5.85. The van der Waals surface area contributed by atoms with Gasteiger partial charge in [0.1, 0.15) is 0 Å².